The molecule has 0 saturated heterocycles. The average Bonchev–Trinajstić information content (AvgIpc) is 2.45. The summed E-state index contributed by atoms with van der Waals surface area (Å²) >= 11 is 5.76. The summed E-state index contributed by atoms with van der Waals surface area (Å²) in [6.07, 6.45) is 5.73. The van der Waals surface area contributed by atoms with E-state index in [0.29, 0.717) is 0 Å². The van der Waals surface area contributed by atoms with Crippen LogP contribution in [0, 0.1) is 17.8 Å². The van der Waals surface area contributed by atoms with Crippen LogP contribution < -0.4 is 0 Å². The summed E-state index contributed by atoms with van der Waals surface area (Å²) in [7, 11) is 0. The fraction of sp³-hybridized carbons (Fsp3) is 0.875. The molecule has 2 aliphatic carbocycles. The molecule has 2 unspecified atom stereocenters. The van der Waals surface area contributed by atoms with E-state index < -0.39 is 0 Å². The molecule has 0 aromatic heterocycles. The fourth-order valence-corrected chi connectivity index (χ4v) is 2.66. The number of hydrogen-bond acceptors (Lipinski definition) is 0. The number of rotatable bonds is 1. The SMILES string of the molecule is ClC[C]1CC2CCC1C2. The highest BCUT2D eigenvalue weighted by Crippen LogP contribution is 2.49. The Hall–Kier alpha value is 0.290. The van der Waals surface area contributed by atoms with Gasteiger partial charge in [-0.3, -0.25) is 0 Å². The van der Waals surface area contributed by atoms with Gasteiger partial charge in [-0.05, 0) is 37.0 Å². The maximum Gasteiger partial charge on any atom is 0.0288 e. The van der Waals surface area contributed by atoms with Gasteiger partial charge in [0, 0.05) is 5.88 Å². The Morgan fingerprint density at radius 3 is 2.67 bits per heavy atom. The van der Waals surface area contributed by atoms with Crippen molar-refractivity contribution in [3.8, 4) is 0 Å². The van der Waals surface area contributed by atoms with Crippen LogP contribution in [0.5, 0.6) is 0 Å². The molecule has 2 fully saturated rings. The summed E-state index contributed by atoms with van der Waals surface area (Å²) in [6.45, 7) is 0. The van der Waals surface area contributed by atoms with Gasteiger partial charge >= 0.3 is 0 Å². The first-order valence-electron chi connectivity index (χ1n) is 3.80. The van der Waals surface area contributed by atoms with Crippen LogP contribution >= 0.6 is 11.6 Å². The molecule has 2 aliphatic rings. The van der Waals surface area contributed by atoms with Gasteiger partial charge < -0.3 is 0 Å². The van der Waals surface area contributed by atoms with Crippen LogP contribution in [0.25, 0.3) is 0 Å². The minimum absolute atomic E-state index is 0.834. The zero-order chi connectivity index (χ0) is 6.27. The zero-order valence-corrected chi connectivity index (χ0v) is 6.32. The molecule has 9 heavy (non-hydrogen) atoms. The average molecular weight is 144 g/mol. The third-order valence-corrected chi connectivity index (χ3v) is 3.18. The molecular weight excluding hydrogens is 132 g/mol. The number of hydrogen-bond donors (Lipinski definition) is 0. The quantitative estimate of drug-likeness (QED) is 0.495. The first-order valence-corrected chi connectivity index (χ1v) is 4.34. The molecule has 0 aromatic carbocycles. The van der Waals surface area contributed by atoms with E-state index in [1.54, 1.807) is 5.92 Å². The molecule has 0 spiro atoms. The lowest BCUT2D eigenvalue weighted by atomic mass is 9.90. The van der Waals surface area contributed by atoms with E-state index in [1.807, 2.05) is 0 Å². The lowest BCUT2D eigenvalue weighted by Crippen LogP contribution is -2.08. The molecule has 51 valence electrons. The van der Waals surface area contributed by atoms with Crippen molar-refractivity contribution in [2.75, 3.05) is 5.88 Å². The predicted molar refractivity (Wildman–Crippen MR) is 39.4 cm³/mol. The smallest absolute Gasteiger partial charge is 0.0288 e. The number of halogens is 1. The minimum Gasteiger partial charge on any atom is -0.126 e. The van der Waals surface area contributed by atoms with Crippen LogP contribution in [0.3, 0.4) is 0 Å². The summed E-state index contributed by atoms with van der Waals surface area (Å²) in [5.41, 5.74) is 0. The molecule has 2 rings (SSSR count). The molecule has 0 nitrogen and oxygen atoms in total. The Labute approximate surface area is 61.6 Å². The van der Waals surface area contributed by atoms with Crippen LogP contribution in [0.15, 0.2) is 0 Å². The molecule has 0 amide bonds. The Morgan fingerprint density at radius 2 is 2.33 bits per heavy atom. The third kappa shape index (κ3) is 0.881. The highest BCUT2D eigenvalue weighted by Gasteiger charge is 2.38. The fourth-order valence-electron chi connectivity index (χ4n) is 2.33. The van der Waals surface area contributed by atoms with Gasteiger partial charge in [-0.25, -0.2) is 0 Å². The van der Waals surface area contributed by atoms with Gasteiger partial charge in [-0.2, -0.15) is 0 Å². The third-order valence-electron chi connectivity index (χ3n) is 2.84. The number of fused-ring (bicyclic) bond motifs is 2. The molecule has 0 heterocycles. The molecule has 0 aromatic rings. The van der Waals surface area contributed by atoms with Gasteiger partial charge in [0.2, 0.25) is 0 Å². The van der Waals surface area contributed by atoms with E-state index in [4.69, 9.17) is 11.6 Å². The second kappa shape index (κ2) is 2.16. The molecular formula is C8H12Cl. The van der Waals surface area contributed by atoms with Gasteiger partial charge in [0.05, 0.1) is 0 Å². The van der Waals surface area contributed by atoms with Gasteiger partial charge in [0.15, 0.2) is 0 Å². The van der Waals surface area contributed by atoms with Crippen molar-refractivity contribution < 1.29 is 0 Å². The van der Waals surface area contributed by atoms with E-state index in [2.05, 4.69) is 0 Å². The highest BCUT2D eigenvalue weighted by atomic mass is 35.5. The van der Waals surface area contributed by atoms with Gasteiger partial charge in [-0.15, -0.1) is 11.6 Å². The number of alkyl halides is 1. The second-order valence-electron chi connectivity index (χ2n) is 3.37. The Morgan fingerprint density at radius 1 is 1.44 bits per heavy atom. The van der Waals surface area contributed by atoms with Crippen molar-refractivity contribution in [2.45, 2.75) is 25.7 Å². The summed E-state index contributed by atoms with van der Waals surface area (Å²) in [6, 6.07) is 0. The van der Waals surface area contributed by atoms with Crippen molar-refractivity contribution in [2.24, 2.45) is 11.8 Å². The largest absolute Gasteiger partial charge is 0.126 e. The van der Waals surface area contributed by atoms with Crippen molar-refractivity contribution in [3.05, 3.63) is 5.92 Å². The first kappa shape index (κ1) is 6.03. The van der Waals surface area contributed by atoms with Crippen LogP contribution in [-0.2, 0) is 0 Å². The first-order chi connectivity index (χ1) is 4.40. The van der Waals surface area contributed by atoms with Crippen molar-refractivity contribution in [1.82, 2.24) is 0 Å². The van der Waals surface area contributed by atoms with Crippen LogP contribution in [0.2, 0.25) is 0 Å². The van der Waals surface area contributed by atoms with Gasteiger partial charge in [0.25, 0.3) is 0 Å². The predicted octanol–water partition coefficient (Wildman–Crippen LogP) is 2.62. The molecule has 0 N–H and O–H groups in total. The summed E-state index contributed by atoms with van der Waals surface area (Å²) in [4.78, 5) is 0. The van der Waals surface area contributed by atoms with E-state index in [1.165, 1.54) is 25.7 Å². The van der Waals surface area contributed by atoms with Crippen LogP contribution in [-0.4, -0.2) is 5.88 Å². The van der Waals surface area contributed by atoms with Crippen molar-refractivity contribution in [3.63, 3.8) is 0 Å². The molecule has 0 aliphatic heterocycles. The lowest BCUT2D eigenvalue weighted by Gasteiger charge is -2.17. The summed E-state index contributed by atoms with van der Waals surface area (Å²) in [5.74, 6) is 4.45. The van der Waals surface area contributed by atoms with E-state index in [9.17, 15) is 0 Å². The highest BCUT2D eigenvalue weighted by molar-refractivity contribution is 6.19. The maximum atomic E-state index is 5.76. The normalized spacial score (nSPS) is 42.3. The summed E-state index contributed by atoms with van der Waals surface area (Å²) in [5, 5.41) is 0. The molecule has 2 bridgehead atoms. The minimum atomic E-state index is 0.834. The van der Waals surface area contributed by atoms with Gasteiger partial charge in [-0.1, -0.05) is 6.42 Å². The van der Waals surface area contributed by atoms with Crippen LogP contribution in [0.1, 0.15) is 25.7 Å². The second-order valence-corrected chi connectivity index (χ2v) is 3.64. The zero-order valence-electron chi connectivity index (χ0n) is 5.57. The topological polar surface area (TPSA) is 0 Å². The maximum absolute atomic E-state index is 5.76. The Bertz CT molecular complexity index is 111. The Kier molecular flexibility index (Phi) is 1.45. The van der Waals surface area contributed by atoms with Gasteiger partial charge in [0.1, 0.15) is 0 Å². The molecule has 1 radical (unpaired) electrons. The van der Waals surface area contributed by atoms with E-state index in [-0.39, 0.29) is 0 Å². The standard InChI is InChI=1S/C8H12Cl/c9-5-8-4-6-1-2-7(8)3-6/h6-7H,1-5H2. The van der Waals surface area contributed by atoms with E-state index >= 15 is 0 Å². The molecule has 2 saturated carbocycles. The van der Waals surface area contributed by atoms with Crippen LogP contribution in [0.4, 0.5) is 0 Å². The van der Waals surface area contributed by atoms with E-state index in [0.717, 1.165) is 17.7 Å². The monoisotopic (exact) mass is 143 g/mol. The van der Waals surface area contributed by atoms with Crippen molar-refractivity contribution >= 4 is 11.6 Å². The van der Waals surface area contributed by atoms with Crippen molar-refractivity contribution in [1.29, 1.82) is 0 Å². The molecule has 1 heteroatoms. The lowest BCUT2D eigenvalue weighted by molar-refractivity contribution is 0.516. The molecule has 2 atom stereocenters. The summed E-state index contributed by atoms with van der Waals surface area (Å²) < 4.78 is 0. The Balaban J connectivity index is 2.01.